The van der Waals surface area contributed by atoms with Crippen LogP contribution in [0.15, 0.2) is 18.2 Å². The molecule has 0 spiro atoms. The zero-order chi connectivity index (χ0) is 13.8. The van der Waals surface area contributed by atoms with Crippen LogP contribution in [-0.4, -0.2) is 29.8 Å². The van der Waals surface area contributed by atoms with Crippen molar-refractivity contribution in [2.24, 2.45) is 5.73 Å². The summed E-state index contributed by atoms with van der Waals surface area (Å²) in [7, 11) is 0. The van der Waals surface area contributed by atoms with Crippen molar-refractivity contribution in [2.75, 3.05) is 6.79 Å². The van der Waals surface area contributed by atoms with Gasteiger partial charge in [0.1, 0.15) is 6.04 Å². The minimum atomic E-state index is -1.20. The number of nitrogens with one attached hydrogen (secondary N) is 1. The summed E-state index contributed by atoms with van der Waals surface area (Å²) in [5.74, 6) is -0.303. The molecule has 1 aromatic rings. The zero-order valence-corrected chi connectivity index (χ0v) is 10.1. The molecule has 19 heavy (non-hydrogen) atoms. The highest BCUT2D eigenvalue weighted by molar-refractivity contribution is 5.84. The summed E-state index contributed by atoms with van der Waals surface area (Å²) in [6, 6.07) is 4.13. The molecule has 7 nitrogen and oxygen atoms in total. The second-order valence-corrected chi connectivity index (χ2v) is 4.11. The summed E-state index contributed by atoms with van der Waals surface area (Å²) in [5.41, 5.74) is 6.10. The molecule has 0 aromatic heterocycles. The number of benzene rings is 1. The molecule has 1 aliphatic heterocycles. The molecule has 2 rings (SSSR count). The van der Waals surface area contributed by atoms with Crippen LogP contribution in [0.5, 0.6) is 11.5 Å². The average Bonchev–Trinajstić information content (AvgIpc) is 2.83. The van der Waals surface area contributed by atoms with Crippen molar-refractivity contribution in [3.8, 4) is 11.5 Å². The summed E-state index contributed by atoms with van der Waals surface area (Å²) >= 11 is 0. The highest BCUT2D eigenvalue weighted by Gasteiger charge is 2.17. The van der Waals surface area contributed by atoms with Crippen LogP contribution < -0.4 is 20.5 Å². The first-order valence-corrected chi connectivity index (χ1v) is 5.70. The summed E-state index contributed by atoms with van der Waals surface area (Å²) in [6.45, 7) is 0.473. The molecule has 7 heteroatoms. The Kier molecular flexibility index (Phi) is 3.86. The van der Waals surface area contributed by atoms with Crippen molar-refractivity contribution >= 4 is 11.9 Å². The molecule has 1 heterocycles. The topological polar surface area (TPSA) is 111 Å². The molecule has 1 aromatic carbocycles. The molecule has 1 aliphatic rings. The number of aliphatic carboxylic acids is 1. The van der Waals surface area contributed by atoms with Crippen LogP contribution in [0, 0.1) is 0 Å². The van der Waals surface area contributed by atoms with Gasteiger partial charge in [-0.05, 0) is 17.7 Å². The summed E-state index contributed by atoms with van der Waals surface area (Å²) in [4.78, 5) is 22.0. The minimum absolute atomic E-state index is 0.193. The number of carboxylic acids is 1. The molecular weight excluding hydrogens is 252 g/mol. The maximum absolute atomic E-state index is 11.5. The Morgan fingerprint density at radius 2 is 2.11 bits per heavy atom. The van der Waals surface area contributed by atoms with Gasteiger partial charge in [-0.1, -0.05) is 6.07 Å². The maximum Gasteiger partial charge on any atom is 0.321 e. The smallest absolute Gasteiger partial charge is 0.321 e. The molecule has 102 valence electrons. The monoisotopic (exact) mass is 266 g/mol. The van der Waals surface area contributed by atoms with E-state index in [0.29, 0.717) is 11.5 Å². The van der Waals surface area contributed by atoms with Crippen LogP contribution in [0.3, 0.4) is 0 Å². The van der Waals surface area contributed by atoms with E-state index in [4.69, 9.17) is 20.3 Å². The number of carboxylic acid groups (broad SMARTS) is 1. The Hall–Kier alpha value is -2.28. The Labute approximate surface area is 109 Å². The van der Waals surface area contributed by atoms with E-state index in [2.05, 4.69) is 5.32 Å². The van der Waals surface area contributed by atoms with Gasteiger partial charge in [0.05, 0.1) is 6.42 Å². The summed E-state index contributed by atoms with van der Waals surface area (Å²) in [5, 5.41) is 11.2. The van der Waals surface area contributed by atoms with Gasteiger partial charge in [-0.15, -0.1) is 0 Å². The number of carbonyl (C=O) groups is 2. The molecule has 1 atom stereocenters. The molecule has 1 amide bonds. The Morgan fingerprint density at radius 1 is 1.37 bits per heavy atom. The second-order valence-electron chi connectivity index (χ2n) is 4.11. The largest absolute Gasteiger partial charge is 0.480 e. The Morgan fingerprint density at radius 3 is 2.84 bits per heavy atom. The van der Waals surface area contributed by atoms with E-state index >= 15 is 0 Å². The second kappa shape index (κ2) is 5.57. The average molecular weight is 266 g/mol. The number of amides is 1. The van der Waals surface area contributed by atoms with Gasteiger partial charge in [0, 0.05) is 6.54 Å². The highest BCUT2D eigenvalue weighted by Crippen LogP contribution is 2.32. The summed E-state index contributed by atoms with van der Waals surface area (Å²) < 4.78 is 10.4. The first-order valence-electron chi connectivity index (χ1n) is 5.70. The van der Waals surface area contributed by atoms with Crippen molar-refractivity contribution in [1.29, 1.82) is 0 Å². The lowest BCUT2D eigenvalue weighted by Crippen LogP contribution is -2.36. The Bertz CT molecular complexity index is 503. The van der Waals surface area contributed by atoms with E-state index in [-0.39, 0.29) is 19.8 Å². The number of hydrogen-bond acceptors (Lipinski definition) is 5. The standard InChI is InChI=1S/C12H14N2O5/c13-8(12(16)17)4-11(15)14-5-7-1-2-9-10(3-7)19-6-18-9/h1-3,8H,4-6,13H2,(H,14,15)(H,16,17). The van der Waals surface area contributed by atoms with E-state index in [1.54, 1.807) is 18.2 Å². The normalized spacial score (nSPS) is 13.9. The minimum Gasteiger partial charge on any atom is -0.480 e. The molecule has 0 saturated heterocycles. The van der Waals surface area contributed by atoms with Gasteiger partial charge in [0.2, 0.25) is 12.7 Å². The number of fused-ring (bicyclic) bond motifs is 1. The van der Waals surface area contributed by atoms with Gasteiger partial charge in [-0.25, -0.2) is 0 Å². The Balaban J connectivity index is 1.85. The van der Waals surface area contributed by atoms with Crippen LogP contribution in [0.4, 0.5) is 0 Å². The molecule has 0 radical (unpaired) electrons. The van der Waals surface area contributed by atoms with Crippen LogP contribution >= 0.6 is 0 Å². The van der Waals surface area contributed by atoms with Crippen molar-refractivity contribution < 1.29 is 24.2 Å². The van der Waals surface area contributed by atoms with E-state index in [1.807, 2.05) is 0 Å². The van der Waals surface area contributed by atoms with Gasteiger partial charge in [-0.2, -0.15) is 0 Å². The first kappa shape index (κ1) is 13.2. The third-order valence-electron chi connectivity index (χ3n) is 2.65. The van der Waals surface area contributed by atoms with Crippen LogP contribution in [-0.2, 0) is 16.1 Å². The summed E-state index contributed by atoms with van der Waals surface area (Å²) in [6.07, 6.45) is -0.250. The van der Waals surface area contributed by atoms with Gasteiger partial charge in [0.15, 0.2) is 11.5 Å². The lowest BCUT2D eigenvalue weighted by molar-refractivity contribution is -0.140. The van der Waals surface area contributed by atoms with Gasteiger partial charge in [0.25, 0.3) is 0 Å². The fourth-order valence-corrected chi connectivity index (χ4v) is 1.61. The van der Waals surface area contributed by atoms with Gasteiger partial charge in [-0.3, -0.25) is 9.59 Å². The third kappa shape index (κ3) is 3.35. The van der Waals surface area contributed by atoms with Crippen LogP contribution in [0.2, 0.25) is 0 Å². The van der Waals surface area contributed by atoms with Crippen LogP contribution in [0.1, 0.15) is 12.0 Å². The lowest BCUT2D eigenvalue weighted by atomic mass is 10.2. The highest BCUT2D eigenvalue weighted by atomic mass is 16.7. The van der Waals surface area contributed by atoms with Crippen molar-refractivity contribution in [3.63, 3.8) is 0 Å². The number of carbonyl (C=O) groups excluding carboxylic acids is 1. The predicted octanol–water partition coefficient (Wildman–Crippen LogP) is -0.167. The molecule has 4 N–H and O–H groups in total. The quantitative estimate of drug-likeness (QED) is 0.682. The van der Waals surface area contributed by atoms with Crippen LogP contribution in [0.25, 0.3) is 0 Å². The number of ether oxygens (including phenoxy) is 2. The van der Waals surface area contributed by atoms with E-state index in [1.165, 1.54) is 0 Å². The van der Waals surface area contributed by atoms with E-state index in [0.717, 1.165) is 5.56 Å². The van der Waals surface area contributed by atoms with E-state index < -0.39 is 17.9 Å². The number of rotatable bonds is 5. The fourth-order valence-electron chi connectivity index (χ4n) is 1.61. The number of nitrogens with two attached hydrogens (primary N) is 1. The van der Waals surface area contributed by atoms with Crippen molar-refractivity contribution in [1.82, 2.24) is 5.32 Å². The van der Waals surface area contributed by atoms with Gasteiger partial charge < -0.3 is 25.6 Å². The number of hydrogen-bond donors (Lipinski definition) is 3. The van der Waals surface area contributed by atoms with Crippen molar-refractivity contribution in [3.05, 3.63) is 23.8 Å². The van der Waals surface area contributed by atoms with Gasteiger partial charge >= 0.3 is 5.97 Å². The third-order valence-corrected chi connectivity index (χ3v) is 2.65. The van der Waals surface area contributed by atoms with E-state index in [9.17, 15) is 9.59 Å². The molecule has 0 fully saturated rings. The fraction of sp³-hybridized carbons (Fsp3) is 0.333. The molecular formula is C12H14N2O5. The molecule has 0 saturated carbocycles. The zero-order valence-electron chi connectivity index (χ0n) is 10.1. The predicted molar refractivity (Wildman–Crippen MR) is 64.6 cm³/mol. The maximum atomic E-state index is 11.5. The SMILES string of the molecule is NC(CC(=O)NCc1ccc2c(c1)OCO2)C(=O)O. The molecule has 0 bridgehead atoms. The lowest BCUT2D eigenvalue weighted by Gasteiger charge is -2.08. The first-order chi connectivity index (χ1) is 9.06. The molecule has 1 unspecified atom stereocenters. The van der Waals surface area contributed by atoms with Crippen molar-refractivity contribution in [2.45, 2.75) is 19.0 Å². The molecule has 0 aliphatic carbocycles.